The molecule has 1 rings (SSSR count). The van der Waals surface area contributed by atoms with Crippen molar-refractivity contribution in [1.82, 2.24) is 10.6 Å². The van der Waals surface area contributed by atoms with Crippen LogP contribution in [0.25, 0.3) is 0 Å². The summed E-state index contributed by atoms with van der Waals surface area (Å²) in [4.78, 5) is 21.7. The Kier molecular flexibility index (Phi) is 7.88. The fraction of sp³-hybridized carbons (Fsp3) is 0.462. The highest BCUT2D eigenvalue weighted by atomic mass is 79.9. The summed E-state index contributed by atoms with van der Waals surface area (Å²) in [7, 11) is 1.57. The molecule has 21 heavy (non-hydrogen) atoms. The van der Waals surface area contributed by atoms with Crippen molar-refractivity contribution in [2.24, 2.45) is 0 Å². The molecule has 1 amide bonds. The smallest absolute Gasteiger partial charge is 0.270 e. The third kappa shape index (κ3) is 7.16. The highest BCUT2D eigenvalue weighted by molar-refractivity contribution is 9.10. The lowest BCUT2D eigenvalue weighted by molar-refractivity contribution is -0.385. The van der Waals surface area contributed by atoms with Crippen LogP contribution in [0.5, 0.6) is 0 Å². The van der Waals surface area contributed by atoms with E-state index >= 15 is 0 Å². The van der Waals surface area contributed by atoms with Gasteiger partial charge in [-0.05, 0) is 11.6 Å². The van der Waals surface area contributed by atoms with E-state index in [1.54, 1.807) is 13.2 Å². The van der Waals surface area contributed by atoms with E-state index in [1.165, 1.54) is 12.1 Å². The van der Waals surface area contributed by atoms with Crippen molar-refractivity contribution < 1.29 is 14.5 Å². The fourth-order valence-electron chi connectivity index (χ4n) is 1.66. The summed E-state index contributed by atoms with van der Waals surface area (Å²) in [5.41, 5.74) is 0.828. The molecule has 2 N–H and O–H groups in total. The Morgan fingerprint density at radius 1 is 1.38 bits per heavy atom. The van der Waals surface area contributed by atoms with Crippen molar-refractivity contribution in [2.75, 3.05) is 26.8 Å². The van der Waals surface area contributed by atoms with Gasteiger partial charge in [-0.2, -0.15) is 0 Å². The first-order valence-electron chi connectivity index (χ1n) is 6.43. The number of nitrogens with one attached hydrogen (secondary N) is 2. The predicted octanol–water partition coefficient (Wildman–Crippen LogP) is 1.60. The van der Waals surface area contributed by atoms with Gasteiger partial charge in [0.15, 0.2) is 0 Å². The van der Waals surface area contributed by atoms with E-state index in [9.17, 15) is 14.9 Å². The lowest BCUT2D eigenvalue weighted by Crippen LogP contribution is -2.29. The van der Waals surface area contributed by atoms with E-state index in [1.807, 2.05) is 0 Å². The monoisotopic (exact) mass is 359 g/mol. The number of methoxy groups -OCH3 is 1. The Labute approximate surface area is 131 Å². The summed E-state index contributed by atoms with van der Waals surface area (Å²) in [6.07, 6.45) is 0.347. The zero-order chi connectivity index (χ0) is 15.7. The molecular weight excluding hydrogens is 342 g/mol. The van der Waals surface area contributed by atoms with Crippen LogP contribution >= 0.6 is 15.9 Å². The SMILES string of the molecule is COCCNC(=O)CCNCc1cc(Br)cc([N+](=O)[O-])c1. The van der Waals surface area contributed by atoms with Crippen LogP contribution in [0.1, 0.15) is 12.0 Å². The second-order valence-corrected chi connectivity index (χ2v) is 5.26. The normalized spacial score (nSPS) is 10.4. The van der Waals surface area contributed by atoms with Crippen molar-refractivity contribution in [3.63, 3.8) is 0 Å². The summed E-state index contributed by atoms with van der Waals surface area (Å²) >= 11 is 3.24. The minimum absolute atomic E-state index is 0.0403. The van der Waals surface area contributed by atoms with Gasteiger partial charge in [0.1, 0.15) is 0 Å². The second kappa shape index (κ2) is 9.43. The number of ether oxygens (including phenoxy) is 1. The number of amides is 1. The maximum absolute atomic E-state index is 11.4. The Morgan fingerprint density at radius 3 is 2.81 bits per heavy atom. The lowest BCUT2D eigenvalue weighted by atomic mass is 10.2. The first kappa shape index (κ1) is 17.5. The van der Waals surface area contributed by atoms with Crippen LogP contribution in [-0.2, 0) is 16.1 Å². The molecule has 1 aromatic rings. The summed E-state index contributed by atoms with van der Waals surface area (Å²) in [6.45, 7) is 1.94. The van der Waals surface area contributed by atoms with Gasteiger partial charge in [-0.3, -0.25) is 14.9 Å². The van der Waals surface area contributed by atoms with E-state index in [0.29, 0.717) is 37.1 Å². The van der Waals surface area contributed by atoms with E-state index in [2.05, 4.69) is 26.6 Å². The number of nitro benzene ring substituents is 1. The number of carbonyl (C=O) groups is 1. The molecule has 116 valence electrons. The summed E-state index contributed by atoms with van der Waals surface area (Å²) < 4.78 is 5.49. The van der Waals surface area contributed by atoms with Crippen LogP contribution in [-0.4, -0.2) is 37.6 Å². The van der Waals surface area contributed by atoms with Crippen LogP contribution < -0.4 is 10.6 Å². The highest BCUT2D eigenvalue weighted by Gasteiger charge is 2.08. The van der Waals surface area contributed by atoms with Gasteiger partial charge in [0.2, 0.25) is 5.91 Å². The third-order valence-corrected chi connectivity index (χ3v) is 3.10. The summed E-state index contributed by atoms with van der Waals surface area (Å²) in [5, 5.41) is 16.5. The topological polar surface area (TPSA) is 93.5 Å². The lowest BCUT2D eigenvalue weighted by Gasteiger charge is -2.07. The molecular formula is C13H18BrN3O4. The van der Waals surface area contributed by atoms with Gasteiger partial charge in [-0.1, -0.05) is 15.9 Å². The summed E-state index contributed by atoms with van der Waals surface area (Å²) in [5.74, 6) is -0.0558. The number of rotatable bonds is 9. The third-order valence-electron chi connectivity index (χ3n) is 2.64. The summed E-state index contributed by atoms with van der Waals surface area (Å²) in [6, 6.07) is 4.77. The molecule has 0 aliphatic carbocycles. The minimum atomic E-state index is -0.433. The molecule has 0 bridgehead atoms. The van der Waals surface area contributed by atoms with Crippen LogP contribution in [0.15, 0.2) is 22.7 Å². The molecule has 0 spiro atoms. The van der Waals surface area contributed by atoms with Gasteiger partial charge >= 0.3 is 0 Å². The van der Waals surface area contributed by atoms with Crippen molar-refractivity contribution in [3.8, 4) is 0 Å². The Balaban J connectivity index is 2.32. The number of non-ortho nitro benzene ring substituents is 1. The average Bonchev–Trinajstić information content (AvgIpc) is 2.43. The van der Waals surface area contributed by atoms with Crippen molar-refractivity contribution in [1.29, 1.82) is 0 Å². The molecule has 0 aromatic heterocycles. The molecule has 0 aliphatic heterocycles. The number of hydrogen-bond acceptors (Lipinski definition) is 5. The zero-order valence-electron chi connectivity index (χ0n) is 11.7. The molecule has 7 nitrogen and oxygen atoms in total. The number of benzene rings is 1. The Morgan fingerprint density at radius 2 is 2.14 bits per heavy atom. The molecule has 0 fully saturated rings. The molecule has 0 heterocycles. The second-order valence-electron chi connectivity index (χ2n) is 4.34. The van der Waals surface area contributed by atoms with Gasteiger partial charge in [0.25, 0.3) is 5.69 Å². The number of nitrogens with zero attached hydrogens (tertiary/aromatic N) is 1. The fourth-order valence-corrected chi connectivity index (χ4v) is 2.18. The van der Waals surface area contributed by atoms with Gasteiger partial charge in [0, 0.05) is 49.8 Å². The van der Waals surface area contributed by atoms with Crippen LogP contribution in [0.3, 0.4) is 0 Å². The van der Waals surface area contributed by atoms with Gasteiger partial charge < -0.3 is 15.4 Å². The molecule has 0 atom stereocenters. The highest BCUT2D eigenvalue weighted by Crippen LogP contribution is 2.21. The average molecular weight is 360 g/mol. The molecule has 0 saturated heterocycles. The molecule has 1 aromatic carbocycles. The van der Waals surface area contributed by atoms with Crippen LogP contribution in [0, 0.1) is 10.1 Å². The first-order valence-corrected chi connectivity index (χ1v) is 7.22. The molecule has 0 aliphatic rings. The number of halogens is 1. The molecule has 8 heteroatoms. The van der Waals surface area contributed by atoms with E-state index in [-0.39, 0.29) is 11.6 Å². The van der Waals surface area contributed by atoms with Gasteiger partial charge in [-0.15, -0.1) is 0 Å². The van der Waals surface area contributed by atoms with E-state index < -0.39 is 4.92 Å². The van der Waals surface area contributed by atoms with Crippen molar-refractivity contribution in [3.05, 3.63) is 38.3 Å². The Hall–Kier alpha value is -1.51. The van der Waals surface area contributed by atoms with Crippen LogP contribution in [0.2, 0.25) is 0 Å². The number of hydrogen-bond donors (Lipinski definition) is 2. The van der Waals surface area contributed by atoms with Crippen molar-refractivity contribution in [2.45, 2.75) is 13.0 Å². The number of nitro groups is 1. The van der Waals surface area contributed by atoms with E-state index in [4.69, 9.17) is 4.74 Å². The zero-order valence-corrected chi connectivity index (χ0v) is 13.3. The Bertz CT molecular complexity index is 496. The van der Waals surface area contributed by atoms with Crippen LogP contribution in [0.4, 0.5) is 5.69 Å². The molecule has 0 saturated carbocycles. The largest absolute Gasteiger partial charge is 0.383 e. The predicted molar refractivity (Wildman–Crippen MR) is 82.0 cm³/mol. The maximum Gasteiger partial charge on any atom is 0.270 e. The first-order chi connectivity index (χ1) is 10.0. The molecule has 0 radical (unpaired) electrons. The van der Waals surface area contributed by atoms with Gasteiger partial charge in [0.05, 0.1) is 11.5 Å². The maximum atomic E-state index is 11.4. The number of carbonyl (C=O) groups excluding carboxylic acids is 1. The minimum Gasteiger partial charge on any atom is -0.383 e. The van der Waals surface area contributed by atoms with Crippen molar-refractivity contribution >= 4 is 27.5 Å². The quantitative estimate of drug-likeness (QED) is 0.396. The van der Waals surface area contributed by atoms with Gasteiger partial charge in [-0.25, -0.2) is 0 Å². The van der Waals surface area contributed by atoms with E-state index in [0.717, 1.165) is 5.56 Å². The molecule has 0 unspecified atom stereocenters. The standard InChI is InChI=1S/C13H18BrN3O4/c1-21-5-4-16-13(18)2-3-15-9-10-6-11(14)8-12(7-10)17(19)20/h6-8,15H,2-5,9H2,1H3,(H,16,18).